The minimum Gasteiger partial charge on any atom is -2.00 e. The van der Waals surface area contributed by atoms with Gasteiger partial charge in [0.2, 0.25) is 0 Å². The van der Waals surface area contributed by atoms with Gasteiger partial charge in [-0.25, -0.2) is 0 Å². The molecule has 0 atom stereocenters. The van der Waals surface area contributed by atoms with Gasteiger partial charge in [0.05, 0.1) is 0 Å². The SMILES string of the molecule is [Nd].[Nd].[O-2].[O-2].[O-2].[O-2].[O-2].[V].[V]. The molecule has 0 bridgehead atoms. The number of rotatable bonds is 0. The predicted molar refractivity (Wildman–Crippen MR) is 3.43 cm³/mol. The van der Waals surface area contributed by atoms with Crippen LogP contribution in [0.15, 0.2) is 0 Å². The molecule has 9 heteroatoms. The summed E-state index contributed by atoms with van der Waals surface area (Å²) < 4.78 is 0. The quantitative estimate of drug-likeness (QED) is 0.446. The van der Waals surface area contributed by atoms with E-state index >= 15 is 0 Å². The molecule has 0 aliphatic rings. The third kappa shape index (κ3) is 81.0. The largest absolute Gasteiger partial charge is 2.00 e. The van der Waals surface area contributed by atoms with Gasteiger partial charge in [-0.2, -0.15) is 0 Å². The Morgan fingerprint density at radius 1 is 0.333 bits per heavy atom. The van der Waals surface area contributed by atoms with Crippen molar-refractivity contribution in [2.45, 2.75) is 0 Å². The molecule has 2 radical (unpaired) electrons. The molecule has 0 rings (SSSR count). The molecule has 0 spiro atoms. The average molecular weight is 470 g/mol. The fraction of sp³-hybridized carbons (Fsp3) is 0. The van der Waals surface area contributed by atoms with Crippen LogP contribution < -0.4 is 0 Å². The van der Waals surface area contributed by atoms with Gasteiger partial charge >= 0.3 is 0 Å². The van der Waals surface area contributed by atoms with Crippen molar-refractivity contribution in [3.8, 4) is 0 Å². The molecule has 0 saturated carbocycles. The first-order valence-corrected chi connectivity index (χ1v) is 0. The maximum atomic E-state index is 0. The van der Waals surface area contributed by atoms with E-state index in [1.54, 1.807) is 0 Å². The van der Waals surface area contributed by atoms with Crippen LogP contribution in [0.2, 0.25) is 0 Å². The predicted octanol–water partition coefficient (Wildman–Crippen LogP) is -0.599. The van der Waals surface area contributed by atoms with Gasteiger partial charge in [0.1, 0.15) is 0 Å². The summed E-state index contributed by atoms with van der Waals surface area (Å²) >= 11 is 0. The summed E-state index contributed by atoms with van der Waals surface area (Å²) in [7, 11) is 0. The van der Waals surface area contributed by atoms with Crippen LogP contribution in [0.1, 0.15) is 0 Å². The van der Waals surface area contributed by atoms with E-state index < -0.39 is 0 Å². The topological polar surface area (TPSA) is 142 Å². The van der Waals surface area contributed by atoms with E-state index in [0.29, 0.717) is 0 Å². The fourth-order valence-electron chi connectivity index (χ4n) is 0. The zero-order chi connectivity index (χ0) is 0. The third-order valence-electron chi connectivity index (χ3n) is 0. The van der Waals surface area contributed by atoms with Crippen molar-refractivity contribution in [3.05, 3.63) is 0 Å². The van der Waals surface area contributed by atoms with Gasteiger partial charge in [0.15, 0.2) is 0 Å². The Morgan fingerprint density at radius 2 is 0.333 bits per heavy atom. The van der Waals surface area contributed by atoms with Gasteiger partial charge in [-0.1, -0.05) is 0 Å². The summed E-state index contributed by atoms with van der Waals surface area (Å²) in [5.41, 5.74) is 0. The van der Waals surface area contributed by atoms with E-state index in [4.69, 9.17) is 0 Å². The van der Waals surface area contributed by atoms with Crippen molar-refractivity contribution >= 4 is 0 Å². The van der Waals surface area contributed by atoms with E-state index in [0.717, 1.165) is 0 Å². The zero-order valence-electron chi connectivity index (χ0n) is 3.94. The molecule has 0 unspecified atom stereocenters. The molecule has 0 aromatic carbocycles. The molecule has 0 heterocycles. The Balaban J connectivity index is 0. The molecule has 0 amide bonds. The molecule has 5 nitrogen and oxygen atoms in total. The van der Waals surface area contributed by atoms with Crippen molar-refractivity contribution in [3.63, 3.8) is 0 Å². The fourth-order valence-corrected chi connectivity index (χ4v) is 0. The standard InChI is InChI=1S/2Nd.5O.2V/q;;5*-2;;. The summed E-state index contributed by atoms with van der Waals surface area (Å²) in [5, 5.41) is 0. The monoisotopic (exact) mass is 466 g/mol. The van der Waals surface area contributed by atoms with Crippen LogP contribution in [-0.4, -0.2) is 0 Å². The molecule has 0 saturated heterocycles. The van der Waals surface area contributed by atoms with Crippen LogP contribution in [0, 0.1) is 81.7 Å². The first-order chi connectivity index (χ1) is 0. The van der Waals surface area contributed by atoms with Crippen LogP contribution in [0.4, 0.5) is 0 Å². The van der Waals surface area contributed by atoms with Crippen LogP contribution >= 0.6 is 0 Å². The summed E-state index contributed by atoms with van der Waals surface area (Å²) in [6.45, 7) is 0. The van der Waals surface area contributed by atoms with Gasteiger partial charge in [-0.15, -0.1) is 0 Å². The number of hydrogen-bond donors (Lipinski definition) is 0. The van der Waals surface area contributed by atoms with Gasteiger partial charge < -0.3 is 27.4 Å². The Hall–Kier alpha value is 3.67. The Kier molecular flexibility index (Phi) is 1400. The second-order valence-corrected chi connectivity index (χ2v) is 0. The van der Waals surface area contributed by atoms with Crippen molar-refractivity contribution in [1.29, 1.82) is 0 Å². The van der Waals surface area contributed by atoms with E-state index in [1.807, 2.05) is 0 Å². The molecule has 0 N–H and O–H groups in total. The molecular weight excluding hydrogens is 470 g/mol. The average Bonchev–Trinajstić information content (AvgIpc) is 0. The zero-order valence-corrected chi connectivity index (χ0v) is 13.1. The van der Waals surface area contributed by atoms with Gasteiger partial charge in [0.25, 0.3) is 0 Å². The van der Waals surface area contributed by atoms with Crippen molar-refractivity contribution in [1.82, 2.24) is 0 Å². The maximum absolute atomic E-state index is 0. The second kappa shape index (κ2) is 98.6. The van der Waals surface area contributed by atoms with Crippen LogP contribution in [0.25, 0.3) is 0 Å². The van der Waals surface area contributed by atoms with Crippen LogP contribution in [0.3, 0.4) is 0 Å². The smallest absolute Gasteiger partial charge is 0 e. The summed E-state index contributed by atoms with van der Waals surface area (Å²) in [4.78, 5) is 0. The van der Waals surface area contributed by atoms with Crippen molar-refractivity contribution in [2.24, 2.45) is 0 Å². The molecular formula is Nd2O5V2-10. The summed E-state index contributed by atoms with van der Waals surface area (Å²) in [6.07, 6.45) is 0. The van der Waals surface area contributed by atoms with Crippen LogP contribution in [-0.2, 0) is 64.5 Å². The summed E-state index contributed by atoms with van der Waals surface area (Å²) in [6, 6.07) is 0. The Morgan fingerprint density at radius 3 is 0.333 bits per heavy atom. The first kappa shape index (κ1) is 128. The van der Waals surface area contributed by atoms with Crippen molar-refractivity contribution in [2.75, 3.05) is 0 Å². The molecule has 9 heavy (non-hydrogen) atoms. The van der Waals surface area contributed by atoms with E-state index in [2.05, 4.69) is 0 Å². The summed E-state index contributed by atoms with van der Waals surface area (Å²) in [5.74, 6) is 0. The number of hydrogen-bond acceptors (Lipinski definition) is 0. The molecule has 0 aromatic heterocycles. The van der Waals surface area contributed by atoms with E-state index in [-0.39, 0.29) is 146 Å². The maximum Gasteiger partial charge on any atom is 0 e. The van der Waals surface area contributed by atoms with Gasteiger partial charge in [-0.3, -0.25) is 0 Å². The minimum absolute atomic E-state index is 0. The van der Waals surface area contributed by atoms with Gasteiger partial charge in [-0.05, 0) is 0 Å². The second-order valence-electron chi connectivity index (χ2n) is 0. The molecule has 0 fully saturated rings. The molecule has 0 aromatic rings. The first-order valence-electron chi connectivity index (χ1n) is 0. The van der Waals surface area contributed by atoms with Gasteiger partial charge in [0, 0.05) is 119 Å². The van der Waals surface area contributed by atoms with E-state index in [9.17, 15) is 0 Å². The van der Waals surface area contributed by atoms with E-state index in [1.165, 1.54) is 0 Å². The third-order valence-corrected chi connectivity index (χ3v) is 0. The Labute approximate surface area is 143 Å². The molecule has 0 aliphatic heterocycles. The van der Waals surface area contributed by atoms with Crippen molar-refractivity contribution < 1.29 is 146 Å². The minimum atomic E-state index is 0. The molecule has 0 aliphatic carbocycles. The normalized spacial score (nSPS) is 0. The van der Waals surface area contributed by atoms with Crippen LogP contribution in [0.5, 0.6) is 0 Å². The Bertz CT molecular complexity index is 12.9. The molecule has 58 valence electrons.